The summed E-state index contributed by atoms with van der Waals surface area (Å²) in [5.74, 6) is 0. The van der Waals surface area contributed by atoms with E-state index in [2.05, 4.69) is 0 Å². The molecule has 68 valence electrons. The van der Waals surface area contributed by atoms with Crippen molar-refractivity contribution in [1.29, 1.82) is 0 Å². The van der Waals surface area contributed by atoms with Crippen molar-refractivity contribution in [2.75, 3.05) is 0 Å². The summed E-state index contributed by atoms with van der Waals surface area (Å²) < 4.78 is 21.9. The molecular formula is C6H9NO3S2. The van der Waals surface area contributed by atoms with Gasteiger partial charge in [-0.1, -0.05) is 0 Å². The zero-order valence-electron chi connectivity index (χ0n) is 6.44. The van der Waals surface area contributed by atoms with Gasteiger partial charge in [-0.05, 0) is 17.9 Å². The van der Waals surface area contributed by atoms with Gasteiger partial charge in [0.25, 0.3) is 0 Å². The van der Waals surface area contributed by atoms with E-state index in [0.717, 1.165) is 0 Å². The number of rotatable bonds is 2. The van der Waals surface area contributed by atoms with Gasteiger partial charge in [-0.15, -0.1) is 11.3 Å². The molecule has 0 saturated carbocycles. The summed E-state index contributed by atoms with van der Waals surface area (Å²) in [5.41, 5.74) is 0.589. The van der Waals surface area contributed by atoms with Crippen molar-refractivity contribution < 1.29 is 13.5 Å². The van der Waals surface area contributed by atoms with Crippen LogP contribution in [0, 0.1) is 6.92 Å². The molecule has 1 aromatic rings. The summed E-state index contributed by atoms with van der Waals surface area (Å²) in [5, 5.41) is 15.4. The molecule has 0 saturated heterocycles. The van der Waals surface area contributed by atoms with Crippen LogP contribution >= 0.6 is 11.3 Å². The normalized spacial score (nSPS) is 11.9. The van der Waals surface area contributed by atoms with E-state index in [9.17, 15) is 8.42 Å². The largest absolute Gasteiger partial charge is 0.391 e. The monoisotopic (exact) mass is 207 g/mol. The molecule has 0 bridgehead atoms. The number of primary sulfonamides is 1. The maximum absolute atomic E-state index is 11.0. The number of aryl methyl sites for hydroxylation is 1. The third-order valence-electron chi connectivity index (χ3n) is 1.42. The average molecular weight is 207 g/mol. The second-order valence-corrected chi connectivity index (χ2v) is 4.84. The molecule has 3 N–H and O–H groups in total. The van der Waals surface area contributed by atoms with Gasteiger partial charge in [0.2, 0.25) is 10.0 Å². The van der Waals surface area contributed by atoms with Gasteiger partial charge in [0, 0.05) is 0 Å². The van der Waals surface area contributed by atoms with Crippen LogP contribution < -0.4 is 5.14 Å². The fourth-order valence-electron chi connectivity index (χ4n) is 0.979. The Balaban J connectivity index is 3.39. The van der Waals surface area contributed by atoms with Crippen molar-refractivity contribution in [2.24, 2.45) is 5.14 Å². The number of hydrogen-bond acceptors (Lipinski definition) is 4. The summed E-state index contributed by atoms with van der Waals surface area (Å²) in [6.07, 6.45) is 0. The van der Waals surface area contributed by atoms with Crippen molar-refractivity contribution >= 4 is 21.4 Å². The molecule has 1 heterocycles. The van der Waals surface area contributed by atoms with Crippen molar-refractivity contribution in [1.82, 2.24) is 0 Å². The van der Waals surface area contributed by atoms with Gasteiger partial charge in [-0.2, -0.15) is 0 Å². The first-order valence-electron chi connectivity index (χ1n) is 3.17. The van der Waals surface area contributed by atoms with Crippen LogP contribution in [0.2, 0.25) is 0 Å². The average Bonchev–Trinajstić information content (AvgIpc) is 2.29. The lowest BCUT2D eigenvalue weighted by atomic mass is 10.3. The highest BCUT2D eigenvalue weighted by atomic mass is 32.2. The van der Waals surface area contributed by atoms with Crippen LogP contribution in [0.1, 0.15) is 10.4 Å². The van der Waals surface area contributed by atoms with Crippen molar-refractivity contribution in [3.8, 4) is 0 Å². The predicted octanol–water partition coefficient (Wildman–Crippen LogP) is 0.196. The van der Waals surface area contributed by atoms with Gasteiger partial charge in [0.1, 0.15) is 4.90 Å². The number of aliphatic hydroxyl groups excluding tert-OH is 1. The number of thiophene rings is 1. The van der Waals surface area contributed by atoms with Gasteiger partial charge in [-0.3, -0.25) is 0 Å². The molecule has 0 amide bonds. The quantitative estimate of drug-likeness (QED) is 0.726. The van der Waals surface area contributed by atoms with E-state index in [4.69, 9.17) is 10.2 Å². The highest BCUT2D eigenvalue weighted by Gasteiger charge is 2.17. The van der Waals surface area contributed by atoms with Crippen molar-refractivity contribution in [3.05, 3.63) is 15.8 Å². The smallest absolute Gasteiger partial charge is 0.239 e. The van der Waals surface area contributed by atoms with Gasteiger partial charge in [0.05, 0.1) is 11.5 Å². The minimum atomic E-state index is -3.68. The molecule has 0 radical (unpaired) electrons. The first-order chi connectivity index (χ1) is 5.46. The van der Waals surface area contributed by atoms with Crippen LogP contribution in [0.15, 0.2) is 10.3 Å². The molecule has 4 nitrogen and oxygen atoms in total. The highest BCUT2D eigenvalue weighted by Crippen LogP contribution is 2.25. The van der Waals surface area contributed by atoms with E-state index in [0.29, 0.717) is 10.4 Å². The lowest BCUT2D eigenvalue weighted by molar-refractivity contribution is 0.282. The number of sulfonamides is 1. The highest BCUT2D eigenvalue weighted by molar-refractivity contribution is 7.89. The van der Waals surface area contributed by atoms with Crippen LogP contribution in [0.25, 0.3) is 0 Å². The maximum Gasteiger partial charge on any atom is 0.239 e. The van der Waals surface area contributed by atoms with Gasteiger partial charge in [-0.25, -0.2) is 13.6 Å². The Morgan fingerprint density at radius 3 is 2.58 bits per heavy atom. The van der Waals surface area contributed by atoms with E-state index in [1.807, 2.05) is 0 Å². The molecule has 1 aromatic heterocycles. The summed E-state index contributed by atoms with van der Waals surface area (Å²) in [6, 6.07) is 0. The number of hydrogen-bond donors (Lipinski definition) is 2. The summed E-state index contributed by atoms with van der Waals surface area (Å²) in [6.45, 7) is 1.36. The molecule has 12 heavy (non-hydrogen) atoms. The summed E-state index contributed by atoms with van der Waals surface area (Å²) in [7, 11) is -3.68. The lowest BCUT2D eigenvalue weighted by Crippen LogP contribution is -2.14. The Labute approximate surface area is 74.7 Å². The molecule has 0 fully saturated rings. The molecule has 1 rings (SSSR count). The van der Waals surface area contributed by atoms with E-state index >= 15 is 0 Å². The second kappa shape index (κ2) is 3.14. The van der Waals surface area contributed by atoms with Crippen molar-refractivity contribution in [2.45, 2.75) is 18.4 Å². The molecule has 0 aromatic carbocycles. The predicted molar refractivity (Wildman–Crippen MR) is 46.4 cm³/mol. The van der Waals surface area contributed by atoms with Crippen LogP contribution in [0.4, 0.5) is 0 Å². The van der Waals surface area contributed by atoms with E-state index in [-0.39, 0.29) is 11.5 Å². The van der Waals surface area contributed by atoms with Crippen molar-refractivity contribution in [3.63, 3.8) is 0 Å². The molecular weight excluding hydrogens is 198 g/mol. The number of aliphatic hydroxyl groups is 1. The Bertz CT molecular complexity index is 379. The third-order valence-corrected chi connectivity index (χ3v) is 3.77. The molecule has 0 aliphatic heterocycles. The fourth-order valence-corrected chi connectivity index (χ4v) is 3.22. The molecule has 0 aliphatic carbocycles. The second-order valence-electron chi connectivity index (χ2n) is 2.37. The van der Waals surface area contributed by atoms with Crippen LogP contribution in [0.3, 0.4) is 0 Å². The minimum Gasteiger partial charge on any atom is -0.391 e. The van der Waals surface area contributed by atoms with Gasteiger partial charge < -0.3 is 5.11 Å². The van der Waals surface area contributed by atoms with Crippen LogP contribution in [-0.4, -0.2) is 13.5 Å². The fraction of sp³-hybridized carbons (Fsp3) is 0.333. The summed E-state index contributed by atoms with van der Waals surface area (Å²) in [4.78, 5) is 0.463. The topological polar surface area (TPSA) is 80.4 Å². The SMILES string of the molecule is Cc1csc(CO)c1S(N)(=O)=O. The molecule has 6 heteroatoms. The Hall–Kier alpha value is -0.430. The molecule has 0 atom stereocenters. The van der Waals surface area contributed by atoms with E-state index in [1.165, 1.54) is 11.3 Å². The zero-order valence-corrected chi connectivity index (χ0v) is 8.08. The summed E-state index contributed by atoms with van der Waals surface area (Å²) >= 11 is 1.19. The van der Waals surface area contributed by atoms with Crippen LogP contribution in [0.5, 0.6) is 0 Å². The standard InChI is InChI=1S/C6H9NO3S2/c1-4-3-11-5(2-8)6(4)12(7,9)10/h3,8H,2H2,1H3,(H2,7,9,10). The molecule has 0 aliphatic rings. The Morgan fingerprint density at radius 1 is 1.67 bits per heavy atom. The van der Waals surface area contributed by atoms with Crippen LogP contribution in [-0.2, 0) is 16.6 Å². The van der Waals surface area contributed by atoms with E-state index < -0.39 is 10.0 Å². The number of nitrogens with two attached hydrogens (primary N) is 1. The van der Waals surface area contributed by atoms with E-state index in [1.54, 1.807) is 12.3 Å². The van der Waals surface area contributed by atoms with Gasteiger partial charge in [0.15, 0.2) is 0 Å². The minimum absolute atomic E-state index is 0.0648. The first-order valence-corrected chi connectivity index (χ1v) is 5.60. The Kier molecular flexibility index (Phi) is 2.52. The third kappa shape index (κ3) is 1.66. The first kappa shape index (κ1) is 9.66. The zero-order chi connectivity index (χ0) is 9.35. The van der Waals surface area contributed by atoms with Gasteiger partial charge >= 0.3 is 0 Å². The Morgan fingerprint density at radius 2 is 2.25 bits per heavy atom. The maximum atomic E-state index is 11.0. The lowest BCUT2D eigenvalue weighted by Gasteiger charge is -1.98. The molecule has 0 spiro atoms. The molecule has 0 unspecified atom stereocenters.